The smallest absolute Gasteiger partial charge is 0.0260 e. The summed E-state index contributed by atoms with van der Waals surface area (Å²) in [6.07, 6.45) is 11.2. The van der Waals surface area contributed by atoms with Gasteiger partial charge in [0.2, 0.25) is 0 Å². The van der Waals surface area contributed by atoms with Gasteiger partial charge in [0.1, 0.15) is 0 Å². The van der Waals surface area contributed by atoms with E-state index in [1.807, 2.05) is 12.1 Å². The standard InChI is InChI=1S/C14H18/c1-2-3-4-5-6-8-11-14-12-9-7-10-13-14/h2,7-13H,1,3-6H2. The molecule has 0 spiro atoms. The summed E-state index contributed by atoms with van der Waals surface area (Å²) < 4.78 is 0. The van der Waals surface area contributed by atoms with Crippen LogP contribution >= 0.6 is 0 Å². The lowest BCUT2D eigenvalue weighted by Crippen LogP contribution is -1.72. The summed E-state index contributed by atoms with van der Waals surface area (Å²) in [7, 11) is 0. The van der Waals surface area contributed by atoms with Crippen molar-refractivity contribution in [2.24, 2.45) is 0 Å². The highest BCUT2D eigenvalue weighted by molar-refractivity contribution is 5.48. The number of unbranched alkanes of at least 4 members (excludes halogenated alkanes) is 3. The molecule has 0 radical (unpaired) electrons. The molecule has 14 heavy (non-hydrogen) atoms. The molecule has 1 aromatic carbocycles. The van der Waals surface area contributed by atoms with Crippen LogP contribution in [-0.2, 0) is 0 Å². The van der Waals surface area contributed by atoms with E-state index in [4.69, 9.17) is 0 Å². The molecule has 0 unspecified atom stereocenters. The van der Waals surface area contributed by atoms with Crippen LogP contribution in [0.3, 0.4) is 0 Å². The fourth-order valence-electron chi connectivity index (χ4n) is 1.33. The number of benzene rings is 1. The van der Waals surface area contributed by atoms with Gasteiger partial charge in [-0.1, -0.05) is 48.6 Å². The summed E-state index contributed by atoms with van der Waals surface area (Å²) in [5.41, 5.74) is 1.29. The third-order valence-corrected chi connectivity index (χ3v) is 2.14. The summed E-state index contributed by atoms with van der Waals surface area (Å²) in [5.74, 6) is 0. The summed E-state index contributed by atoms with van der Waals surface area (Å²) in [6.45, 7) is 3.71. The second-order valence-corrected chi connectivity index (χ2v) is 3.39. The maximum atomic E-state index is 3.71. The van der Waals surface area contributed by atoms with Gasteiger partial charge in [-0.2, -0.15) is 0 Å². The Morgan fingerprint density at radius 2 is 1.71 bits per heavy atom. The summed E-state index contributed by atoms with van der Waals surface area (Å²) in [6, 6.07) is 10.4. The summed E-state index contributed by atoms with van der Waals surface area (Å²) >= 11 is 0. The van der Waals surface area contributed by atoms with Gasteiger partial charge in [0.05, 0.1) is 0 Å². The van der Waals surface area contributed by atoms with Crippen LogP contribution in [-0.4, -0.2) is 0 Å². The van der Waals surface area contributed by atoms with Gasteiger partial charge in [-0.25, -0.2) is 0 Å². The van der Waals surface area contributed by atoms with Gasteiger partial charge in [0, 0.05) is 0 Å². The Kier molecular flexibility index (Phi) is 5.49. The fourth-order valence-corrected chi connectivity index (χ4v) is 1.33. The molecule has 0 heterocycles. The van der Waals surface area contributed by atoms with E-state index in [1.54, 1.807) is 0 Å². The zero-order chi connectivity index (χ0) is 10.1. The molecule has 0 saturated carbocycles. The van der Waals surface area contributed by atoms with E-state index < -0.39 is 0 Å². The van der Waals surface area contributed by atoms with Gasteiger partial charge in [-0.15, -0.1) is 6.58 Å². The Bertz CT molecular complexity index is 269. The average molecular weight is 186 g/mol. The molecule has 0 heteroatoms. The van der Waals surface area contributed by atoms with Crippen molar-refractivity contribution in [3.05, 3.63) is 54.6 Å². The van der Waals surface area contributed by atoms with Crippen LogP contribution in [0.5, 0.6) is 0 Å². The normalized spacial score (nSPS) is 10.6. The van der Waals surface area contributed by atoms with Crippen molar-refractivity contribution in [3.63, 3.8) is 0 Å². The van der Waals surface area contributed by atoms with Crippen molar-refractivity contribution in [2.45, 2.75) is 25.7 Å². The quantitative estimate of drug-likeness (QED) is 0.455. The Balaban J connectivity index is 2.18. The molecule has 0 amide bonds. The predicted octanol–water partition coefficient (Wildman–Crippen LogP) is 4.45. The lowest BCUT2D eigenvalue weighted by molar-refractivity contribution is 0.764. The van der Waals surface area contributed by atoms with Gasteiger partial charge in [0.25, 0.3) is 0 Å². The van der Waals surface area contributed by atoms with Gasteiger partial charge < -0.3 is 0 Å². The first-order valence-corrected chi connectivity index (χ1v) is 5.26. The van der Waals surface area contributed by atoms with Crippen LogP contribution < -0.4 is 0 Å². The van der Waals surface area contributed by atoms with Crippen molar-refractivity contribution in [1.82, 2.24) is 0 Å². The summed E-state index contributed by atoms with van der Waals surface area (Å²) in [4.78, 5) is 0. The van der Waals surface area contributed by atoms with E-state index in [1.165, 1.54) is 24.8 Å². The first-order valence-electron chi connectivity index (χ1n) is 5.26. The number of allylic oxidation sites excluding steroid dienone is 2. The van der Waals surface area contributed by atoms with Crippen molar-refractivity contribution in [2.75, 3.05) is 0 Å². The molecule has 0 saturated heterocycles. The predicted molar refractivity (Wildman–Crippen MR) is 64.1 cm³/mol. The zero-order valence-corrected chi connectivity index (χ0v) is 8.65. The highest BCUT2D eigenvalue weighted by Gasteiger charge is 1.84. The lowest BCUT2D eigenvalue weighted by Gasteiger charge is -1.93. The number of hydrogen-bond acceptors (Lipinski definition) is 0. The molecule has 0 atom stereocenters. The highest BCUT2D eigenvalue weighted by Crippen LogP contribution is 2.05. The minimum absolute atomic E-state index is 1.14. The van der Waals surface area contributed by atoms with Crippen molar-refractivity contribution in [1.29, 1.82) is 0 Å². The molecule has 1 aromatic rings. The topological polar surface area (TPSA) is 0 Å². The van der Waals surface area contributed by atoms with Gasteiger partial charge >= 0.3 is 0 Å². The third kappa shape index (κ3) is 4.66. The van der Waals surface area contributed by atoms with Crippen LogP contribution in [0.4, 0.5) is 0 Å². The number of rotatable bonds is 6. The Labute approximate surface area is 87.0 Å². The molecule has 0 aliphatic carbocycles. The van der Waals surface area contributed by atoms with Crippen LogP contribution in [0.15, 0.2) is 49.1 Å². The van der Waals surface area contributed by atoms with E-state index in [0.29, 0.717) is 0 Å². The van der Waals surface area contributed by atoms with Gasteiger partial charge in [-0.05, 0) is 31.2 Å². The third-order valence-electron chi connectivity index (χ3n) is 2.14. The summed E-state index contributed by atoms with van der Waals surface area (Å²) in [5, 5.41) is 0. The van der Waals surface area contributed by atoms with Crippen LogP contribution in [0, 0.1) is 0 Å². The van der Waals surface area contributed by atoms with Crippen molar-refractivity contribution in [3.8, 4) is 0 Å². The lowest BCUT2D eigenvalue weighted by atomic mass is 10.1. The molecule has 0 aliphatic rings. The van der Waals surface area contributed by atoms with Crippen LogP contribution in [0.1, 0.15) is 31.2 Å². The monoisotopic (exact) mass is 186 g/mol. The van der Waals surface area contributed by atoms with Gasteiger partial charge in [-0.3, -0.25) is 0 Å². The molecule has 74 valence electrons. The van der Waals surface area contributed by atoms with E-state index in [-0.39, 0.29) is 0 Å². The number of hydrogen-bond donors (Lipinski definition) is 0. The maximum Gasteiger partial charge on any atom is -0.0260 e. The Morgan fingerprint density at radius 3 is 2.43 bits per heavy atom. The maximum absolute atomic E-state index is 3.71. The largest absolute Gasteiger partial charge is 0.103 e. The van der Waals surface area contributed by atoms with Crippen molar-refractivity contribution >= 4 is 6.08 Å². The first-order chi connectivity index (χ1) is 6.93. The minimum Gasteiger partial charge on any atom is -0.103 e. The second-order valence-electron chi connectivity index (χ2n) is 3.39. The molecule has 0 N–H and O–H groups in total. The average Bonchev–Trinajstić information content (AvgIpc) is 2.25. The molecular formula is C14H18. The van der Waals surface area contributed by atoms with Crippen molar-refractivity contribution < 1.29 is 0 Å². The zero-order valence-electron chi connectivity index (χ0n) is 8.65. The highest BCUT2D eigenvalue weighted by atomic mass is 13.9. The van der Waals surface area contributed by atoms with E-state index in [9.17, 15) is 0 Å². The van der Waals surface area contributed by atoms with E-state index >= 15 is 0 Å². The molecule has 0 aliphatic heterocycles. The van der Waals surface area contributed by atoms with Crippen LogP contribution in [0.2, 0.25) is 0 Å². The molecule has 0 aromatic heterocycles. The van der Waals surface area contributed by atoms with E-state index in [2.05, 4.69) is 43.0 Å². The minimum atomic E-state index is 1.14. The molecule has 0 bridgehead atoms. The molecule has 0 fully saturated rings. The van der Waals surface area contributed by atoms with E-state index in [0.717, 1.165) is 6.42 Å². The molecular weight excluding hydrogens is 168 g/mol. The SMILES string of the molecule is C=CCCCCC=Cc1ccccc1. The van der Waals surface area contributed by atoms with Gasteiger partial charge in [0.15, 0.2) is 0 Å². The van der Waals surface area contributed by atoms with Crippen LogP contribution in [0.25, 0.3) is 6.08 Å². The molecule has 0 nitrogen and oxygen atoms in total. The Hall–Kier alpha value is -1.30. The second kappa shape index (κ2) is 7.14. The first kappa shape index (κ1) is 10.8. The fraction of sp³-hybridized carbons (Fsp3) is 0.286. The Morgan fingerprint density at radius 1 is 1.00 bits per heavy atom. The molecule has 1 rings (SSSR count).